The van der Waals surface area contributed by atoms with E-state index in [0.29, 0.717) is 16.7 Å². The molecule has 3 rings (SSSR count). The summed E-state index contributed by atoms with van der Waals surface area (Å²) in [4.78, 5) is 12.6. The average molecular weight is 356 g/mol. The van der Waals surface area contributed by atoms with E-state index in [2.05, 4.69) is 20.6 Å². The lowest BCUT2D eigenvalue weighted by Crippen LogP contribution is -2.11. The van der Waals surface area contributed by atoms with E-state index in [1.807, 2.05) is 0 Å². The monoisotopic (exact) mass is 356 g/mol. The number of hydrogen-bond donors (Lipinski definition) is 1. The highest BCUT2D eigenvalue weighted by molar-refractivity contribution is 6.25. The van der Waals surface area contributed by atoms with Gasteiger partial charge in [-0.25, -0.2) is 13.6 Å². The number of esters is 1. The van der Waals surface area contributed by atoms with Gasteiger partial charge in [-0.2, -0.15) is 5.21 Å². The number of carbonyl (C=O) groups excluding carboxylic acids is 1. The third-order valence-corrected chi connectivity index (χ3v) is 3.56. The highest BCUT2D eigenvalue weighted by atomic mass is 19.1. The molecule has 8 heteroatoms. The molecule has 1 N–H and O–H groups in total. The molecule has 0 atom stereocenters. The molecule has 3 aromatic rings. The zero-order valence-electron chi connectivity index (χ0n) is 13.7. The molecule has 1 aromatic heterocycles. The largest absolute Gasteiger partial charge is 0.462 e. The molecule has 0 saturated heterocycles. The van der Waals surface area contributed by atoms with E-state index in [1.165, 1.54) is 48.5 Å². The van der Waals surface area contributed by atoms with Crippen molar-refractivity contribution in [3.05, 3.63) is 77.1 Å². The molecule has 0 unspecified atom stereocenters. The van der Waals surface area contributed by atoms with Crippen LogP contribution in [0, 0.1) is 11.6 Å². The van der Waals surface area contributed by atoms with Gasteiger partial charge < -0.3 is 4.74 Å². The lowest BCUT2D eigenvalue weighted by atomic mass is 9.92. The molecule has 0 saturated carbocycles. The minimum absolute atomic E-state index is 0.0205. The number of tetrazole rings is 1. The summed E-state index contributed by atoms with van der Waals surface area (Å²) in [5.41, 5.74) is 1.46. The Kier molecular flexibility index (Phi) is 5.12. The number of hydrogen-bond acceptors (Lipinski definition) is 5. The Morgan fingerprint density at radius 1 is 1.00 bits per heavy atom. The fraction of sp³-hybridized carbons (Fsp3) is 0.111. The van der Waals surface area contributed by atoms with Crippen molar-refractivity contribution in [1.82, 2.24) is 20.6 Å². The van der Waals surface area contributed by atoms with E-state index in [9.17, 15) is 13.6 Å². The van der Waals surface area contributed by atoms with Gasteiger partial charge in [-0.05, 0) is 47.5 Å². The number of ether oxygens (including phenoxy) is 1. The maximum absolute atomic E-state index is 13.4. The van der Waals surface area contributed by atoms with Gasteiger partial charge in [-0.3, -0.25) is 0 Å². The highest BCUT2D eigenvalue weighted by Crippen LogP contribution is 2.32. The van der Waals surface area contributed by atoms with Crippen LogP contribution in [0.15, 0.2) is 48.5 Å². The third kappa shape index (κ3) is 3.64. The van der Waals surface area contributed by atoms with Crippen LogP contribution in [-0.4, -0.2) is 33.2 Å². The van der Waals surface area contributed by atoms with Gasteiger partial charge in [0.25, 0.3) is 0 Å². The minimum Gasteiger partial charge on any atom is -0.462 e. The number of aromatic nitrogens is 4. The van der Waals surface area contributed by atoms with Gasteiger partial charge in [-0.1, -0.05) is 24.3 Å². The van der Waals surface area contributed by atoms with Crippen molar-refractivity contribution in [3.8, 4) is 0 Å². The van der Waals surface area contributed by atoms with Crippen molar-refractivity contribution < 1.29 is 18.3 Å². The Labute approximate surface area is 147 Å². The molecule has 6 nitrogen and oxygen atoms in total. The molecule has 1 heterocycles. The molecule has 0 amide bonds. The van der Waals surface area contributed by atoms with Gasteiger partial charge in [0.05, 0.1) is 6.61 Å². The number of halogens is 2. The van der Waals surface area contributed by atoms with Gasteiger partial charge in [0.1, 0.15) is 17.2 Å². The number of nitrogens with zero attached hydrogens (tertiary/aromatic N) is 3. The second-order valence-electron chi connectivity index (χ2n) is 5.22. The zero-order chi connectivity index (χ0) is 18.5. The number of rotatable bonds is 5. The average Bonchev–Trinajstić information content (AvgIpc) is 3.16. The highest BCUT2D eigenvalue weighted by Gasteiger charge is 2.25. The Bertz CT molecular complexity index is 873. The van der Waals surface area contributed by atoms with Crippen LogP contribution in [0.1, 0.15) is 23.9 Å². The summed E-state index contributed by atoms with van der Waals surface area (Å²) in [5, 5.41) is 13.5. The molecular formula is C18H14F2N4O2. The summed E-state index contributed by atoms with van der Waals surface area (Å²) in [7, 11) is 0. The number of aromatic amines is 1. The second kappa shape index (κ2) is 7.64. The molecular weight excluding hydrogens is 342 g/mol. The molecule has 26 heavy (non-hydrogen) atoms. The smallest absolute Gasteiger partial charge is 0.342 e. The normalized spacial score (nSPS) is 10.4. The van der Waals surface area contributed by atoms with Gasteiger partial charge in [0.2, 0.25) is 5.82 Å². The predicted molar refractivity (Wildman–Crippen MR) is 89.5 cm³/mol. The Hall–Kier alpha value is -3.42. The van der Waals surface area contributed by atoms with E-state index in [-0.39, 0.29) is 18.0 Å². The van der Waals surface area contributed by atoms with Gasteiger partial charge in [0, 0.05) is 5.57 Å². The second-order valence-corrected chi connectivity index (χ2v) is 5.22. The van der Waals surface area contributed by atoms with Crippen molar-refractivity contribution in [2.24, 2.45) is 0 Å². The number of H-pyrrole nitrogens is 1. The van der Waals surface area contributed by atoms with Crippen LogP contribution >= 0.6 is 0 Å². The lowest BCUT2D eigenvalue weighted by Gasteiger charge is -2.13. The van der Waals surface area contributed by atoms with Crippen molar-refractivity contribution >= 4 is 17.1 Å². The van der Waals surface area contributed by atoms with Crippen LogP contribution in [0.3, 0.4) is 0 Å². The Morgan fingerprint density at radius 2 is 1.54 bits per heavy atom. The molecule has 132 valence electrons. The van der Waals surface area contributed by atoms with Crippen molar-refractivity contribution in [2.75, 3.05) is 6.61 Å². The summed E-state index contributed by atoms with van der Waals surface area (Å²) in [6, 6.07) is 11.1. The topological polar surface area (TPSA) is 80.8 Å². The fourth-order valence-corrected chi connectivity index (χ4v) is 2.46. The van der Waals surface area contributed by atoms with Crippen LogP contribution in [0.5, 0.6) is 0 Å². The molecule has 0 radical (unpaired) electrons. The molecule has 0 fully saturated rings. The number of nitrogens with one attached hydrogen (secondary N) is 1. The van der Waals surface area contributed by atoms with Crippen molar-refractivity contribution in [1.29, 1.82) is 0 Å². The van der Waals surface area contributed by atoms with Crippen LogP contribution < -0.4 is 0 Å². The number of carbonyl (C=O) groups is 1. The fourth-order valence-electron chi connectivity index (χ4n) is 2.46. The standard InChI is InChI=1S/C18H14F2N4O2/c1-2-26-18(25)16(17-21-23-24-22-17)15(11-3-7-13(19)8-4-11)12-5-9-14(20)10-6-12/h3-10H,2H2,1H3,(H,21,22,23,24). The van der Waals surface area contributed by atoms with Crippen LogP contribution in [-0.2, 0) is 9.53 Å². The van der Waals surface area contributed by atoms with E-state index in [0.717, 1.165) is 0 Å². The first-order valence-electron chi connectivity index (χ1n) is 7.77. The maximum atomic E-state index is 13.4. The van der Waals surface area contributed by atoms with Crippen molar-refractivity contribution in [2.45, 2.75) is 6.92 Å². The van der Waals surface area contributed by atoms with E-state index < -0.39 is 17.6 Å². The van der Waals surface area contributed by atoms with Gasteiger partial charge in [-0.15, -0.1) is 10.2 Å². The summed E-state index contributed by atoms with van der Waals surface area (Å²) in [6.45, 7) is 1.81. The summed E-state index contributed by atoms with van der Waals surface area (Å²) < 4.78 is 31.9. The Balaban J connectivity index is 2.30. The first-order chi connectivity index (χ1) is 12.6. The first kappa shape index (κ1) is 17.4. The molecule has 2 aromatic carbocycles. The molecule has 0 aliphatic heterocycles. The summed E-state index contributed by atoms with van der Waals surface area (Å²) in [6.07, 6.45) is 0. The molecule has 0 bridgehead atoms. The predicted octanol–water partition coefficient (Wildman–Crippen LogP) is 3.00. The molecule has 0 aliphatic rings. The van der Waals surface area contributed by atoms with Gasteiger partial charge in [0.15, 0.2) is 0 Å². The summed E-state index contributed by atoms with van der Waals surface area (Å²) in [5.74, 6) is -1.50. The zero-order valence-corrected chi connectivity index (χ0v) is 13.7. The first-order valence-corrected chi connectivity index (χ1v) is 7.77. The van der Waals surface area contributed by atoms with Gasteiger partial charge >= 0.3 is 5.97 Å². The summed E-state index contributed by atoms with van der Waals surface area (Å²) >= 11 is 0. The minimum atomic E-state index is -0.669. The van der Waals surface area contributed by atoms with E-state index in [1.54, 1.807) is 6.92 Å². The van der Waals surface area contributed by atoms with E-state index in [4.69, 9.17) is 4.74 Å². The Morgan fingerprint density at radius 3 is 1.96 bits per heavy atom. The SMILES string of the molecule is CCOC(=O)C(=C(c1ccc(F)cc1)c1ccc(F)cc1)c1nn[nH]n1. The molecule has 0 aliphatic carbocycles. The quantitative estimate of drug-likeness (QED) is 0.561. The van der Waals surface area contributed by atoms with Crippen molar-refractivity contribution in [3.63, 3.8) is 0 Å². The van der Waals surface area contributed by atoms with Crippen LogP contribution in [0.2, 0.25) is 0 Å². The number of benzene rings is 2. The molecule has 0 spiro atoms. The lowest BCUT2D eigenvalue weighted by molar-refractivity contribution is -0.136. The van der Waals surface area contributed by atoms with Crippen LogP contribution in [0.4, 0.5) is 8.78 Å². The maximum Gasteiger partial charge on any atom is 0.342 e. The third-order valence-electron chi connectivity index (χ3n) is 3.56. The van der Waals surface area contributed by atoms with E-state index >= 15 is 0 Å². The van der Waals surface area contributed by atoms with Crippen LogP contribution in [0.25, 0.3) is 11.1 Å².